The molecule has 0 unspecified atom stereocenters. The molecule has 0 bridgehead atoms. The number of ether oxygens (including phenoxy) is 1. The van der Waals surface area contributed by atoms with Crippen molar-refractivity contribution in [3.05, 3.63) is 73.1 Å². The number of carbonyl (C=O) groups is 3. The van der Waals surface area contributed by atoms with Gasteiger partial charge in [-0.05, 0) is 53.7 Å². The third-order valence-corrected chi connectivity index (χ3v) is 6.89. The summed E-state index contributed by atoms with van der Waals surface area (Å²) >= 11 is 16.4. The van der Waals surface area contributed by atoms with Crippen molar-refractivity contribution in [2.45, 2.75) is 13.1 Å². The van der Waals surface area contributed by atoms with Crippen molar-refractivity contribution in [3.8, 4) is 0 Å². The van der Waals surface area contributed by atoms with Gasteiger partial charge in [-0.3, -0.25) is 19.3 Å². The van der Waals surface area contributed by atoms with Crippen molar-refractivity contribution >= 4 is 85.0 Å². The SMILES string of the molecule is COC(=O)Cn1cc(/C=C2\SC(=O)N(Cc3ccc(Cl)cc3Cl)C2=O)c2cc(Br)ccc21. The Labute approximate surface area is 206 Å². The monoisotopic (exact) mass is 552 g/mol. The number of esters is 1. The zero-order valence-electron chi connectivity index (χ0n) is 16.6. The normalized spacial score (nSPS) is 15.2. The number of imide groups is 1. The summed E-state index contributed by atoms with van der Waals surface area (Å²) in [6.07, 6.45) is 3.43. The first-order valence-electron chi connectivity index (χ1n) is 9.31. The first-order chi connectivity index (χ1) is 15.3. The molecule has 0 aliphatic carbocycles. The van der Waals surface area contributed by atoms with Crippen molar-refractivity contribution < 1.29 is 19.1 Å². The van der Waals surface area contributed by atoms with Gasteiger partial charge in [0.1, 0.15) is 6.54 Å². The van der Waals surface area contributed by atoms with Gasteiger partial charge in [0, 0.05) is 37.2 Å². The number of halogens is 3. The molecule has 10 heteroatoms. The highest BCUT2D eigenvalue weighted by Crippen LogP contribution is 2.36. The van der Waals surface area contributed by atoms with Crippen LogP contribution in [0.1, 0.15) is 11.1 Å². The Morgan fingerprint density at radius 1 is 1.19 bits per heavy atom. The molecular weight excluding hydrogens is 539 g/mol. The predicted molar refractivity (Wildman–Crippen MR) is 130 cm³/mol. The maximum atomic E-state index is 13.0. The zero-order chi connectivity index (χ0) is 23.0. The van der Waals surface area contributed by atoms with E-state index in [1.54, 1.807) is 35.0 Å². The minimum absolute atomic E-state index is 0.0268. The number of amides is 2. The van der Waals surface area contributed by atoms with Crippen LogP contribution in [0.25, 0.3) is 17.0 Å². The summed E-state index contributed by atoms with van der Waals surface area (Å²) in [5.74, 6) is -0.800. The molecule has 164 valence electrons. The number of methoxy groups -OCH3 is 1. The van der Waals surface area contributed by atoms with Gasteiger partial charge >= 0.3 is 5.97 Å². The molecule has 0 saturated carbocycles. The number of nitrogens with zero attached hydrogens (tertiary/aromatic N) is 2. The molecule has 1 aliphatic heterocycles. The maximum Gasteiger partial charge on any atom is 0.325 e. The van der Waals surface area contributed by atoms with Crippen molar-refractivity contribution in [1.82, 2.24) is 9.47 Å². The van der Waals surface area contributed by atoms with E-state index in [0.717, 1.165) is 32.0 Å². The number of hydrogen-bond donors (Lipinski definition) is 0. The lowest BCUT2D eigenvalue weighted by Gasteiger charge is -2.13. The second-order valence-electron chi connectivity index (χ2n) is 6.95. The van der Waals surface area contributed by atoms with Crippen molar-refractivity contribution in [2.24, 2.45) is 0 Å². The van der Waals surface area contributed by atoms with E-state index in [4.69, 9.17) is 27.9 Å². The molecule has 1 aliphatic rings. The van der Waals surface area contributed by atoms with Crippen molar-refractivity contribution in [2.75, 3.05) is 7.11 Å². The van der Waals surface area contributed by atoms with Crippen LogP contribution < -0.4 is 0 Å². The molecule has 1 fully saturated rings. The summed E-state index contributed by atoms with van der Waals surface area (Å²) in [5, 5.41) is 1.31. The van der Waals surface area contributed by atoms with Crippen LogP contribution in [-0.4, -0.2) is 33.7 Å². The second-order valence-corrected chi connectivity index (χ2v) is 9.71. The standard InChI is InChI=1S/C22H15BrCl2N2O4S/c1-31-20(28)11-26-9-13(16-7-14(23)3-5-18(16)26)6-19-21(29)27(22(30)32-19)10-12-2-4-15(24)8-17(12)25/h2-9H,10-11H2,1H3/b19-6-. The van der Waals surface area contributed by atoms with E-state index >= 15 is 0 Å². The number of fused-ring (bicyclic) bond motifs is 1. The second kappa shape index (κ2) is 9.31. The molecular formula is C22H15BrCl2N2O4S. The van der Waals surface area contributed by atoms with Crippen LogP contribution in [-0.2, 0) is 27.4 Å². The molecule has 0 N–H and O–H groups in total. The molecule has 0 radical (unpaired) electrons. The lowest BCUT2D eigenvalue weighted by Crippen LogP contribution is -2.27. The molecule has 32 heavy (non-hydrogen) atoms. The van der Waals surface area contributed by atoms with Gasteiger partial charge in [0.05, 0.1) is 18.6 Å². The Morgan fingerprint density at radius 2 is 1.97 bits per heavy atom. The smallest absolute Gasteiger partial charge is 0.325 e. The van der Waals surface area contributed by atoms with E-state index in [0.29, 0.717) is 21.2 Å². The number of thioether (sulfide) groups is 1. The Morgan fingerprint density at radius 3 is 2.69 bits per heavy atom. The fourth-order valence-electron chi connectivity index (χ4n) is 3.34. The summed E-state index contributed by atoms with van der Waals surface area (Å²) in [6.45, 7) is 0.0761. The average Bonchev–Trinajstić information content (AvgIpc) is 3.21. The Balaban J connectivity index is 1.68. The van der Waals surface area contributed by atoms with Gasteiger partial charge < -0.3 is 9.30 Å². The van der Waals surface area contributed by atoms with E-state index in [1.165, 1.54) is 7.11 Å². The minimum Gasteiger partial charge on any atom is -0.468 e. The third-order valence-electron chi connectivity index (χ3n) is 4.90. The molecule has 2 aromatic carbocycles. The lowest BCUT2D eigenvalue weighted by atomic mass is 10.1. The van der Waals surface area contributed by atoms with Gasteiger partial charge in [0.25, 0.3) is 11.1 Å². The predicted octanol–water partition coefficient (Wildman–Crippen LogP) is 6.12. The zero-order valence-corrected chi connectivity index (χ0v) is 20.5. The Kier molecular flexibility index (Phi) is 6.67. The molecule has 0 atom stereocenters. The van der Waals surface area contributed by atoms with Gasteiger partial charge in [0.15, 0.2) is 0 Å². The fourth-order valence-corrected chi connectivity index (χ4v) is 5.00. The molecule has 3 aromatic rings. The molecule has 4 rings (SSSR count). The summed E-state index contributed by atoms with van der Waals surface area (Å²) in [7, 11) is 1.33. The van der Waals surface area contributed by atoms with E-state index in [1.807, 2.05) is 18.2 Å². The summed E-state index contributed by atoms with van der Waals surface area (Å²) in [4.78, 5) is 38.8. The van der Waals surface area contributed by atoms with Crippen molar-refractivity contribution in [1.29, 1.82) is 0 Å². The number of rotatable bonds is 5. The van der Waals surface area contributed by atoms with Crippen LogP contribution in [0.3, 0.4) is 0 Å². The van der Waals surface area contributed by atoms with Crippen LogP contribution in [0, 0.1) is 0 Å². The first kappa shape index (κ1) is 22.9. The number of carbonyl (C=O) groups excluding carboxylic acids is 3. The molecule has 2 heterocycles. The summed E-state index contributed by atoms with van der Waals surface area (Å²) in [6, 6.07) is 10.5. The Hall–Kier alpha value is -2.26. The summed E-state index contributed by atoms with van der Waals surface area (Å²) in [5.41, 5.74) is 2.13. The first-order valence-corrected chi connectivity index (χ1v) is 11.7. The van der Waals surface area contributed by atoms with Gasteiger partial charge in [0.2, 0.25) is 0 Å². The van der Waals surface area contributed by atoms with Gasteiger partial charge in [-0.2, -0.15) is 0 Å². The molecule has 6 nitrogen and oxygen atoms in total. The highest BCUT2D eigenvalue weighted by Gasteiger charge is 2.35. The van der Waals surface area contributed by atoms with E-state index in [9.17, 15) is 14.4 Å². The van der Waals surface area contributed by atoms with Gasteiger partial charge in [-0.25, -0.2) is 0 Å². The van der Waals surface area contributed by atoms with Crippen LogP contribution in [0.2, 0.25) is 10.0 Å². The fraction of sp³-hybridized carbons (Fsp3) is 0.136. The van der Waals surface area contributed by atoms with Crippen LogP contribution in [0.5, 0.6) is 0 Å². The van der Waals surface area contributed by atoms with Crippen LogP contribution >= 0.6 is 50.9 Å². The number of aromatic nitrogens is 1. The van der Waals surface area contributed by atoms with Gasteiger partial charge in [-0.1, -0.05) is 45.2 Å². The van der Waals surface area contributed by atoms with E-state index in [-0.39, 0.29) is 23.2 Å². The van der Waals surface area contributed by atoms with Crippen LogP contribution in [0.15, 0.2) is 52.0 Å². The maximum absolute atomic E-state index is 13.0. The van der Waals surface area contributed by atoms with Crippen LogP contribution in [0.4, 0.5) is 4.79 Å². The van der Waals surface area contributed by atoms with Gasteiger partial charge in [-0.15, -0.1) is 0 Å². The number of benzene rings is 2. The molecule has 1 aromatic heterocycles. The quantitative estimate of drug-likeness (QED) is 0.281. The molecule has 0 spiro atoms. The molecule has 1 saturated heterocycles. The average molecular weight is 554 g/mol. The largest absolute Gasteiger partial charge is 0.468 e. The lowest BCUT2D eigenvalue weighted by molar-refractivity contribution is -0.141. The Bertz CT molecular complexity index is 1300. The highest BCUT2D eigenvalue weighted by atomic mass is 79.9. The topological polar surface area (TPSA) is 68.6 Å². The number of hydrogen-bond acceptors (Lipinski definition) is 5. The van der Waals surface area contributed by atoms with E-state index in [2.05, 4.69) is 15.9 Å². The minimum atomic E-state index is -0.408. The molecule has 2 amide bonds. The highest BCUT2D eigenvalue weighted by molar-refractivity contribution is 9.10. The van der Waals surface area contributed by atoms with E-state index < -0.39 is 11.9 Å². The third kappa shape index (κ3) is 4.59. The summed E-state index contributed by atoms with van der Waals surface area (Å²) < 4.78 is 7.37. The van der Waals surface area contributed by atoms with Crippen molar-refractivity contribution in [3.63, 3.8) is 0 Å².